The molecule has 3 nitrogen and oxygen atoms in total. The Morgan fingerprint density at radius 3 is 2.67 bits per heavy atom. The molecule has 12 heavy (non-hydrogen) atoms. The minimum Gasteiger partial charge on any atom is -0.341 e. The SMILES string of the molecule is CNC(=O)N1CCC(C(C)C)C1. The summed E-state index contributed by atoms with van der Waals surface area (Å²) < 4.78 is 0. The largest absolute Gasteiger partial charge is 0.341 e. The van der Waals surface area contributed by atoms with E-state index in [-0.39, 0.29) is 6.03 Å². The van der Waals surface area contributed by atoms with Crippen LogP contribution in [0.5, 0.6) is 0 Å². The Hall–Kier alpha value is -0.730. The van der Waals surface area contributed by atoms with Gasteiger partial charge in [0, 0.05) is 20.1 Å². The van der Waals surface area contributed by atoms with Crippen molar-refractivity contribution in [3.8, 4) is 0 Å². The summed E-state index contributed by atoms with van der Waals surface area (Å²) in [6, 6.07) is 0.0677. The van der Waals surface area contributed by atoms with Gasteiger partial charge in [-0.25, -0.2) is 4.79 Å². The number of rotatable bonds is 1. The molecule has 0 aliphatic carbocycles. The van der Waals surface area contributed by atoms with Crippen molar-refractivity contribution in [1.82, 2.24) is 10.2 Å². The highest BCUT2D eigenvalue weighted by molar-refractivity contribution is 5.74. The van der Waals surface area contributed by atoms with Crippen LogP contribution >= 0.6 is 0 Å². The van der Waals surface area contributed by atoms with E-state index in [1.54, 1.807) is 7.05 Å². The van der Waals surface area contributed by atoms with Crippen molar-refractivity contribution in [2.45, 2.75) is 20.3 Å². The minimum atomic E-state index is 0.0677. The van der Waals surface area contributed by atoms with Crippen LogP contribution in [-0.2, 0) is 0 Å². The van der Waals surface area contributed by atoms with Crippen LogP contribution in [0.25, 0.3) is 0 Å². The zero-order chi connectivity index (χ0) is 9.14. The number of hydrogen-bond donors (Lipinski definition) is 1. The molecule has 3 heteroatoms. The van der Waals surface area contributed by atoms with E-state index >= 15 is 0 Å². The third-order valence-corrected chi connectivity index (χ3v) is 2.67. The van der Waals surface area contributed by atoms with E-state index in [9.17, 15) is 4.79 Å². The number of carbonyl (C=O) groups excluding carboxylic acids is 1. The van der Waals surface area contributed by atoms with E-state index in [0.717, 1.165) is 19.5 Å². The van der Waals surface area contributed by atoms with Crippen LogP contribution in [0.2, 0.25) is 0 Å². The molecule has 1 aliphatic heterocycles. The van der Waals surface area contributed by atoms with Gasteiger partial charge < -0.3 is 10.2 Å². The lowest BCUT2D eigenvalue weighted by molar-refractivity contribution is 0.207. The molecule has 1 atom stereocenters. The lowest BCUT2D eigenvalue weighted by atomic mass is 9.95. The van der Waals surface area contributed by atoms with Gasteiger partial charge in [-0.1, -0.05) is 13.8 Å². The van der Waals surface area contributed by atoms with Crippen molar-refractivity contribution in [1.29, 1.82) is 0 Å². The van der Waals surface area contributed by atoms with Gasteiger partial charge in [0.05, 0.1) is 0 Å². The topological polar surface area (TPSA) is 32.3 Å². The second kappa shape index (κ2) is 3.78. The molecule has 0 spiro atoms. The fourth-order valence-electron chi connectivity index (χ4n) is 1.67. The molecule has 1 fully saturated rings. The van der Waals surface area contributed by atoms with Gasteiger partial charge in [-0.15, -0.1) is 0 Å². The molecular weight excluding hydrogens is 152 g/mol. The Morgan fingerprint density at radius 2 is 2.25 bits per heavy atom. The Kier molecular flexibility index (Phi) is 2.95. The van der Waals surface area contributed by atoms with Crippen LogP contribution < -0.4 is 5.32 Å². The molecule has 0 saturated carbocycles. The molecule has 1 saturated heterocycles. The molecule has 1 rings (SSSR count). The second-order valence-corrected chi connectivity index (χ2v) is 3.79. The zero-order valence-corrected chi connectivity index (χ0v) is 8.13. The molecule has 1 N–H and O–H groups in total. The van der Waals surface area contributed by atoms with Gasteiger partial charge in [0.25, 0.3) is 0 Å². The van der Waals surface area contributed by atoms with E-state index in [4.69, 9.17) is 0 Å². The summed E-state index contributed by atoms with van der Waals surface area (Å²) in [5.41, 5.74) is 0. The van der Waals surface area contributed by atoms with E-state index in [2.05, 4.69) is 19.2 Å². The number of nitrogens with zero attached hydrogens (tertiary/aromatic N) is 1. The number of nitrogens with one attached hydrogen (secondary N) is 1. The van der Waals surface area contributed by atoms with Crippen molar-refractivity contribution < 1.29 is 4.79 Å². The predicted molar refractivity (Wildman–Crippen MR) is 49.0 cm³/mol. The second-order valence-electron chi connectivity index (χ2n) is 3.79. The first-order chi connectivity index (χ1) is 5.65. The standard InChI is InChI=1S/C9H18N2O/c1-7(2)8-4-5-11(6-8)9(12)10-3/h7-8H,4-6H2,1-3H3,(H,10,12). The Morgan fingerprint density at radius 1 is 1.58 bits per heavy atom. The maximum Gasteiger partial charge on any atom is 0.317 e. The Labute approximate surface area is 74.1 Å². The average molecular weight is 170 g/mol. The maximum atomic E-state index is 11.2. The van der Waals surface area contributed by atoms with Gasteiger partial charge in [-0.2, -0.15) is 0 Å². The van der Waals surface area contributed by atoms with Gasteiger partial charge in [0.15, 0.2) is 0 Å². The molecule has 0 radical (unpaired) electrons. The normalized spacial score (nSPS) is 23.3. The number of likely N-dealkylation sites (tertiary alicyclic amines) is 1. The first-order valence-corrected chi connectivity index (χ1v) is 4.61. The highest BCUT2D eigenvalue weighted by atomic mass is 16.2. The van der Waals surface area contributed by atoms with Gasteiger partial charge >= 0.3 is 6.03 Å². The number of hydrogen-bond acceptors (Lipinski definition) is 1. The minimum absolute atomic E-state index is 0.0677. The number of amides is 2. The molecule has 1 unspecified atom stereocenters. The Bertz CT molecular complexity index is 168. The van der Waals surface area contributed by atoms with Crippen LogP contribution in [0.3, 0.4) is 0 Å². The molecule has 0 bridgehead atoms. The lowest BCUT2D eigenvalue weighted by Crippen LogP contribution is -2.36. The highest BCUT2D eigenvalue weighted by Gasteiger charge is 2.27. The first-order valence-electron chi connectivity index (χ1n) is 4.61. The van der Waals surface area contributed by atoms with Crippen molar-refractivity contribution >= 4 is 6.03 Å². The fraction of sp³-hybridized carbons (Fsp3) is 0.889. The first kappa shape index (κ1) is 9.36. The third kappa shape index (κ3) is 1.90. The number of carbonyl (C=O) groups is 1. The number of urea groups is 1. The van der Waals surface area contributed by atoms with Crippen molar-refractivity contribution in [3.05, 3.63) is 0 Å². The van der Waals surface area contributed by atoms with E-state index in [1.807, 2.05) is 4.90 Å². The molecule has 1 heterocycles. The zero-order valence-electron chi connectivity index (χ0n) is 8.13. The molecule has 70 valence electrons. The average Bonchev–Trinajstić information content (AvgIpc) is 2.51. The molecule has 0 aromatic carbocycles. The fourth-order valence-corrected chi connectivity index (χ4v) is 1.67. The summed E-state index contributed by atoms with van der Waals surface area (Å²) in [5.74, 6) is 1.39. The molecule has 0 aromatic rings. The summed E-state index contributed by atoms with van der Waals surface area (Å²) in [4.78, 5) is 13.1. The maximum absolute atomic E-state index is 11.2. The highest BCUT2D eigenvalue weighted by Crippen LogP contribution is 2.23. The van der Waals surface area contributed by atoms with E-state index in [0.29, 0.717) is 11.8 Å². The van der Waals surface area contributed by atoms with E-state index < -0.39 is 0 Å². The van der Waals surface area contributed by atoms with Gasteiger partial charge in [0.2, 0.25) is 0 Å². The van der Waals surface area contributed by atoms with Crippen LogP contribution in [-0.4, -0.2) is 31.1 Å². The van der Waals surface area contributed by atoms with Crippen molar-refractivity contribution in [3.63, 3.8) is 0 Å². The molecule has 1 aliphatic rings. The summed E-state index contributed by atoms with van der Waals surface area (Å²) >= 11 is 0. The Balaban J connectivity index is 2.40. The quantitative estimate of drug-likeness (QED) is 0.632. The smallest absolute Gasteiger partial charge is 0.317 e. The van der Waals surface area contributed by atoms with Crippen molar-refractivity contribution in [2.75, 3.05) is 20.1 Å². The van der Waals surface area contributed by atoms with Crippen LogP contribution in [0.4, 0.5) is 4.79 Å². The van der Waals surface area contributed by atoms with E-state index in [1.165, 1.54) is 0 Å². The predicted octanol–water partition coefficient (Wildman–Crippen LogP) is 1.30. The molecular formula is C9H18N2O. The van der Waals surface area contributed by atoms with Gasteiger partial charge in [-0.3, -0.25) is 0 Å². The van der Waals surface area contributed by atoms with Crippen molar-refractivity contribution in [2.24, 2.45) is 11.8 Å². The third-order valence-electron chi connectivity index (χ3n) is 2.67. The van der Waals surface area contributed by atoms with Crippen LogP contribution in [0.1, 0.15) is 20.3 Å². The molecule has 0 aromatic heterocycles. The monoisotopic (exact) mass is 170 g/mol. The molecule has 2 amide bonds. The lowest BCUT2D eigenvalue weighted by Gasteiger charge is -2.17. The van der Waals surface area contributed by atoms with Crippen LogP contribution in [0.15, 0.2) is 0 Å². The van der Waals surface area contributed by atoms with Gasteiger partial charge in [-0.05, 0) is 18.3 Å². The van der Waals surface area contributed by atoms with Crippen LogP contribution in [0, 0.1) is 11.8 Å². The summed E-state index contributed by atoms with van der Waals surface area (Å²) in [5, 5.41) is 2.65. The van der Waals surface area contributed by atoms with Gasteiger partial charge in [0.1, 0.15) is 0 Å². The summed E-state index contributed by atoms with van der Waals surface area (Å²) in [6.07, 6.45) is 1.16. The summed E-state index contributed by atoms with van der Waals surface area (Å²) in [6.45, 7) is 6.29. The summed E-state index contributed by atoms with van der Waals surface area (Å²) in [7, 11) is 1.69.